The molecule has 0 unspecified atom stereocenters. The Balaban J connectivity index is 1.35. The average Bonchev–Trinajstić information content (AvgIpc) is 3.39. The van der Waals surface area contributed by atoms with Crippen LogP contribution in [-0.4, -0.2) is 27.0 Å². The molecule has 0 aliphatic heterocycles. The van der Waals surface area contributed by atoms with Gasteiger partial charge in [0.05, 0.1) is 32.2 Å². The zero-order valence-electron chi connectivity index (χ0n) is 21.4. The molecule has 2 heterocycles. The Labute approximate surface area is 256 Å². The molecule has 0 amide bonds. The second kappa shape index (κ2) is 11.4. The van der Waals surface area contributed by atoms with E-state index in [2.05, 4.69) is 26.0 Å². The van der Waals surface area contributed by atoms with Crippen LogP contribution in [0.3, 0.4) is 0 Å². The van der Waals surface area contributed by atoms with Gasteiger partial charge in [-0.25, -0.2) is 9.78 Å². The first-order chi connectivity index (χ1) is 20.3. The van der Waals surface area contributed by atoms with E-state index >= 15 is 0 Å². The first kappa shape index (κ1) is 27.7. The van der Waals surface area contributed by atoms with Gasteiger partial charge in [-0.3, -0.25) is 4.79 Å². The number of nitrogens with zero attached hydrogens (tertiary/aromatic N) is 3. The van der Waals surface area contributed by atoms with Crippen molar-refractivity contribution in [2.24, 2.45) is 5.10 Å². The number of furan rings is 1. The third kappa shape index (κ3) is 5.54. The molecule has 6 aromatic rings. The van der Waals surface area contributed by atoms with Crippen LogP contribution < -0.4 is 10.3 Å². The summed E-state index contributed by atoms with van der Waals surface area (Å²) < 4.78 is 13.6. The fraction of sp³-hybridized carbons (Fsp3) is 0.0323. The SMILES string of the molecule is O=C(O)c1cccc(COc2c(Cl)cc(C=Nn3c(-c4cc5cc(Cl)ccc5o4)nc4ccccc4c3=O)cc2Br)c1. The molecule has 2 aromatic heterocycles. The summed E-state index contributed by atoms with van der Waals surface area (Å²) in [5.74, 6) is -0.0767. The van der Waals surface area contributed by atoms with Crippen LogP contribution in [0.15, 0.2) is 104 Å². The van der Waals surface area contributed by atoms with Gasteiger partial charge in [0.25, 0.3) is 5.56 Å². The molecule has 0 radical (unpaired) electrons. The van der Waals surface area contributed by atoms with E-state index in [9.17, 15) is 14.7 Å². The summed E-state index contributed by atoms with van der Waals surface area (Å²) >= 11 is 16.2. The first-order valence-corrected chi connectivity index (χ1v) is 14.0. The second-order valence-corrected chi connectivity index (χ2v) is 10.9. The van der Waals surface area contributed by atoms with E-state index in [4.69, 9.17) is 32.4 Å². The number of aromatic carboxylic acids is 1. The quantitative estimate of drug-likeness (QED) is 0.173. The Hall–Kier alpha value is -4.44. The van der Waals surface area contributed by atoms with E-state index < -0.39 is 5.97 Å². The number of rotatable bonds is 7. The Kier molecular flexibility index (Phi) is 7.55. The molecule has 0 atom stereocenters. The molecule has 0 fully saturated rings. The first-order valence-electron chi connectivity index (χ1n) is 12.5. The van der Waals surface area contributed by atoms with Gasteiger partial charge in [-0.05, 0) is 87.7 Å². The van der Waals surface area contributed by atoms with E-state index in [0.717, 1.165) is 5.39 Å². The molecule has 6 rings (SSSR count). The smallest absolute Gasteiger partial charge is 0.335 e. The van der Waals surface area contributed by atoms with Crippen molar-refractivity contribution in [3.63, 3.8) is 0 Å². The lowest BCUT2D eigenvalue weighted by Gasteiger charge is -2.12. The van der Waals surface area contributed by atoms with Gasteiger partial charge in [0.1, 0.15) is 12.2 Å². The van der Waals surface area contributed by atoms with E-state index in [1.165, 1.54) is 23.0 Å². The van der Waals surface area contributed by atoms with Crippen molar-refractivity contribution in [1.82, 2.24) is 9.66 Å². The molecule has 42 heavy (non-hydrogen) atoms. The highest BCUT2D eigenvalue weighted by atomic mass is 79.9. The van der Waals surface area contributed by atoms with Crippen molar-refractivity contribution in [3.05, 3.63) is 126 Å². The summed E-state index contributed by atoms with van der Waals surface area (Å²) in [5, 5.41) is 15.7. The van der Waals surface area contributed by atoms with E-state index in [1.54, 1.807) is 72.8 Å². The predicted molar refractivity (Wildman–Crippen MR) is 166 cm³/mol. The lowest BCUT2D eigenvalue weighted by Crippen LogP contribution is -2.20. The van der Waals surface area contributed by atoms with Crippen LogP contribution in [0.2, 0.25) is 10.0 Å². The molecule has 11 heteroatoms. The minimum atomic E-state index is -1.02. The van der Waals surface area contributed by atoms with Crippen molar-refractivity contribution in [2.45, 2.75) is 6.61 Å². The minimum absolute atomic E-state index is 0.108. The molecular weight excluding hydrogens is 645 g/mol. The Morgan fingerprint density at radius 2 is 1.88 bits per heavy atom. The molecule has 0 aliphatic rings. The summed E-state index contributed by atoms with van der Waals surface area (Å²) in [6.07, 6.45) is 1.48. The Morgan fingerprint density at radius 3 is 2.69 bits per heavy atom. The van der Waals surface area contributed by atoms with Crippen LogP contribution in [-0.2, 0) is 6.61 Å². The molecule has 0 spiro atoms. The summed E-state index contributed by atoms with van der Waals surface area (Å²) in [6.45, 7) is 0.108. The maximum atomic E-state index is 13.5. The van der Waals surface area contributed by atoms with Gasteiger partial charge in [-0.1, -0.05) is 47.5 Å². The van der Waals surface area contributed by atoms with Crippen molar-refractivity contribution in [1.29, 1.82) is 0 Å². The van der Waals surface area contributed by atoms with Gasteiger partial charge in [0.2, 0.25) is 5.82 Å². The number of carboxylic acid groups (broad SMARTS) is 1. The number of fused-ring (bicyclic) bond motifs is 2. The number of para-hydroxylation sites is 1. The fourth-order valence-electron chi connectivity index (χ4n) is 4.38. The third-order valence-corrected chi connectivity index (χ3v) is 7.46. The van der Waals surface area contributed by atoms with Gasteiger partial charge in [0.15, 0.2) is 11.5 Å². The van der Waals surface area contributed by atoms with Crippen molar-refractivity contribution in [3.8, 4) is 17.3 Å². The fourth-order valence-corrected chi connectivity index (χ4v) is 5.55. The molecule has 0 bridgehead atoms. The number of hydrogen-bond acceptors (Lipinski definition) is 6. The summed E-state index contributed by atoms with van der Waals surface area (Å²) in [5.41, 5.74) is 2.13. The van der Waals surface area contributed by atoms with Crippen LogP contribution >= 0.6 is 39.1 Å². The molecule has 0 saturated heterocycles. The third-order valence-electron chi connectivity index (χ3n) is 6.35. The zero-order chi connectivity index (χ0) is 29.4. The van der Waals surface area contributed by atoms with Crippen LogP contribution in [0, 0.1) is 0 Å². The molecule has 0 aliphatic carbocycles. The Morgan fingerprint density at radius 1 is 1.05 bits per heavy atom. The highest BCUT2D eigenvalue weighted by Gasteiger charge is 2.17. The van der Waals surface area contributed by atoms with Gasteiger partial charge < -0.3 is 14.3 Å². The van der Waals surface area contributed by atoms with E-state index in [-0.39, 0.29) is 23.6 Å². The topological polar surface area (TPSA) is 107 Å². The highest BCUT2D eigenvalue weighted by molar-refractivity contribution is 9.10. The number of carboxylic acids is 1. The summed E-state index contributed by atoms with van der Waals surface area (Å²) in [6, 6.07) is 23.8. The van der Waals surface area contributed by atoms with Crippen LogP contribution in [0.25, 0.3) is 33.5 Å². The maximum Gasteiger partial charge on any atom is 0.335 e. The largest absolute Gasteiger partial charge is 0.486 e. The summed E-state index contributed by atoms with van der Waals surface area (Å²) in [4.78, 5) is 29.5. The molecule has 208 valence electrons. The number of halogens is 3. The number of carbonyl (C=O) groups is 1. The molecular formula is C31H18BrCl2N3O5. The normalized spacial score (nSPS) is 11.5. The lowest BCUT2D eigenvalue weighted by molar-refractivity contribution is 0.0696. The van der Waals surface area contributed by atoms with E-state index in [1.807, 2.05) is 0 Å². The number of aromatic nitrogens is 2. The van der Waals surface area contributed by atoms with Gasteiger partial charge in [-0.2, -0.15) is 9.78 Å². The highest BCUT2D eigenvalue weighted by Crippen LogP contribution is 2.35. The van der Waals surface area contributed by atoms with Crippen LogP contribution in [0.1, 0.15) is 21.5 Å². The van der Waals surface area contributed by atoms with Crippen molar-refractivity contribution < 1.29 is 19.1 Å². The van der Waals surface area contributed by atoms with Crippen molar-refractivity contribution >= 4 is 73.2 Å². The molecule has 8 nitrogen and oxygen atoms in total. The Bertz CT molecular complexity index is 2080. The lowest BCUT2D eigenvalue weighted by atomic mass is 10.1. The monoisotopic (exact) mass is 661 g/mol. The standard InChI is InChI=1S/C31H18BrCl2N3O5/c32-23-11-18(12-24(34)28(23)41-16-17-4-3-5-19(10-17)31(39)40)15-35-37-29(36-25-7-2-1-6-22(25)30(37)38)27-14-20-13-21(33)8-9-26(20)42-27/h1-15H,16H2,(H,39,40). The van der Waals surface area contributed by atoms with Crippen molar-refractivity contribution in [2.75, 3.05) is 0 Å². The zero-order valence-corrected chi connectivity index (χ0v) is 24.5. The predicted octanol–water partition coefficient (Wildman–Crippen LogP) is 8.04. The minimum Gasteiger partial charge on any atom is -0.486 e. The second-order valence-electron chi connectivity index (χ2n) is 9.21. The molecule has 1 N–H and O–H groups in total. The van der Waals surface area contributed by atoms with Gasteiger partial charge >= 0.3 is 5.97 Å². The number of hydrogen-bond donors (Lipinski definition) is 1. The average molecular weight is 663 g/mol. The van der Waals surface area contributed by atoms with Gasteiger partial charge in [-0.15, -0.1) is 0 Å². The number of benzene rings is 4. The van der Waals surface area contributed by atoms with Crippen LogP contribution in [0.4, 0.5) is 0 Å². The number of ether oxygens (including phenoxy) is 1. The summed E-state index contributed by atoms with van der Waals surface area (Å²) in [7, 11) is 0. The molecule has 4 aromatic carbocycles. The molecule has 0 saturated carbocycles. The maximum absolute atomic E-state index is 13.5. The van der Waals surface area contributed by atoms with E-state index in [0.29, 0.717) is 53.6 Å². The van der Waals surface area contributed by atoms with Gasteiger partial charge in [0, 0.05) is 10.4 Å². The van der Waals surface area contributed by atoms with Crippen LogP contribution in [0.5, 0.6) is 5.75 Å².